The van der Waals surface area contributed by atoms with Crippen LogP contribution in [0.15, 0.2) is 0 Å². The zero-order valence-corrected chi connectivity index (χ0v) is 8.25. The van der Waals surface area contributed by atoms with Gasteiger partial charge in [-0.25, -0.2) is 0 Å². The van der Waals surface area contributed by atoms with Crippen LogP contribution in [-0.2, 0) is 19.1 Å². The van der Waals surface area contributed by atoms with Crippen molar-refractivity contribution < 1.29 is 19.1 Å². The minimum Gasteiger partial charge on any atom is -0.436 e. The first kappa shape index (κ1) is 9.65. The predicted octanol–water partition coefficient (Wildman–Crippen LogP) is 1.18. The summed E-state index contributed by atoms with van der Waals surface area (Å²) in [6.07, 6.45) is 3.15. The van der Waals surface area contributed by atoms with E-state index in [0.717, 1.165) is 19.3 Å². The van der Waals surface area contributed by atoms with Gasteiger partial charge in [0.15, 0.2) is 0 Å². The second-order valence-electron chi connectivity index (χ2n) is 4.08. The average molecular weight is 198 g/mol. The first-order chi connectivity index (χ1) is 6.60. The van der Waals surface area contributed by atoms with E-state index in [2.05, 4.69) is 0 Å². The molecule has 2 fully saturated rings. The van der Waals surface area contributed by atoms with Gasteiger partial charge < -0.3 is 9.47 Å². The number of carbonyl (C=O) groups is 2. The minimum absolute atomic E-state index is 0.159. The van der Waals surface area contributed by atoms with Crippen LogP contribution in [0, 0.1) is 0 Å². The molecule has 1 saturated heterocycles. The molecule has 0 radical (unpaired) electrons. The number of hydrogen-bond acceptors (Lipinski definition) is 4. The number of ether oxygens (including phenoxy) is 2. The van der Waals surface area contributed by atoms with Crippen LogP contribution in [-0.4, -0.2) is 23.6 Å². The van der Waals surface area contributed by atoms with E-state index < -0.39 is 0 Å². The Balaban J connectivity index is 1.80. The molecule has 78 valence electrons. The molecular weight excluding hydrogens is 184 g/mol. The van der Waals surface area contributed by atoms with Crippen molar-refractivity contribution in [2.24, 2.45) is 0 Å². The molecule has 1 aliphatic heterocycles. The fourth-order valence-electron chi connectivity index (χ4n) is 2.13. The number of esters is 1. The third-order valence-electron chi connectivity index (χ3n) is 2.94. The topological polar surface area (TPSA) is 52.6 Å². The highest BCUT2D eigenvalue weighted by molar-refractivity contribution is 5.79. The van der Waals surface area contributed by atoms with Gasteiger partial charge in [-0.3, -0.25) is 9.59 Å². The van der Waals surface area contributed by atoms with Crippen molar-refractivity contribution in [3.63, 3.8) is 0 Å². The van der Waals surface area contributed by atoms with E-state index in [4.69, 9.17) is 9.47 Å². The van der Waals surface area contributed by atoms with Gasteiger partial charge in [0.2, 0.25) is 6.29 Å². The van der Waals surface area contributed by atoms with Crippen LogP contribution in [0.5, 0.6) is 0 Å². The van der Waals surface area contributed by atoms with Crippen LogP contribution in [0.25, 0.3) is 0 Å². The number of carbonyl (C=O) groups excluding carboxylic acids is 2. The number of rotatable bonds is 1. The lowest BCUT2D eigenvalue weighted by Gasteiger charge is -2.48. The highest BCUT2D eigenvalue weighted by atomic mass is 16.7. The van der Waals surface area contributed by atoms with Gasteiger partial charge in [0.1, 0.15) is 5.78 Å². The molecule has 0 bridgehead atoms. The Kier molecular flexibility index (Phi) is 2.31. The van der Waals surface area contributed by atoms with Gasteiger partial charge in [-0.2, -0.15) is 0 Å². The Labute approximate surface area is 82.6 Å². The minimum atomic E-state index is -0.374. The maximum absolute atomic E-state index is 11.0. The van der Waals surface area contributed by atoms with Crippen LogP contribution in [0.3, 0.4) is 0 Å². The second-order valence-corrected chi connectivity index (χ2v) is 4.08. The molecule has 1 saturated carbocycles. The van der Waals surface area contributed by atoms with Gasteiger partial charge in [0.05, 0.1) is 5.60 Å². The molecule has 14 heavy (non-hydrogen) atoms. The molecular formula is C10H14O4. The molecule has 2 rings (SSSR count). The lowest BCUT2D eigenvalue weighted by molar-refractivity contribution is -0.303. The van der Waals surface area contributed by atoms with E-state index in [1.54, 1.807) is 0 Å². The summed E-state index contributed by atoms with van der Waals surface area (Å²) in [5, 5.41) is 0. The monoisotopic (exact) mass is 198 g/mol. The van der Waals surface area contributed by atoms with Crippen molar-refractivity contribution in [1.82, 2.24) is 0 Å². The van der Waals surface area contributed by atoms with Gasteiger partial charge in [-0.05, 0) is 12.8 Å². The van der Waals surface area contributed by atoms with E-state index in [-0.39, 0.29) is 17.9 Å². The maximum atomic E-state index is 11.0. The van der Waals surface area contributed by atoms with E-state index in [0.29, 0.717) is 18.6 Å². The van der Waals surface area contributed by atoms with Crippen molar-refractivity contribution in [3.8, 4) is 0 Å². The van der Waals surface area contributed by atoms with Crippen LogP contribution in [0.1, 0.15) is 39.0 Å². The van der Waals surface area contributed by atoms with Gasteiger partial charge in [0, 0.05) is 26.2 Å². The lowest BCUT2D eigenvalue weighted by atomic mass is 9.78. The summed E-state index contributed by atoms with van der Waals surface area (Å²) in [7, 11) is 0. The molecule has 0 unspecified atom stereocenters. The number of hydrogen-bond donors (Lipinski definition) is 0. The molecule has 0 amide bonds. The summed E-state index contributed by atoms with van der Waals surface area (Å²) in [5.74, 6) is 0.00639. The molecule has 0 aromatic rings. The first-order valence-corrected chi connectivity index (χ1v) is 4.96. The quantitative estimate of drug-likeness (QED) is 0.593. The Morgan fingerprint density at radius 2 is 2.07 bits per heavy atom. The molecule has 0 aromatic carbocycles. The summed E-state index contributed by atoms with van der Waals surface area (Å²) in [6.45, 7) is 1.37. The molecule has 1 atom stereocenters. The molecule has 1 aliphatic carbocycles. The number of Topliss-reactive ketones (excluding diaryl/α,β-unsaturated/α-hetero) is 1. The Morgan fingerprint density at radius 3 is 2.57 bits per heavy atom. The summed E-state index contributed by atoms with van der Waals surface area (Å²) in [6, 6.07) is 0. The summed E-state index contributed by atoms with van der Waals surface area (Å²) >= 11 is 0. The molecule has 0 aromatic heterocycles. The Morgan fingerprint density at radius 1 is 1.50 bits per heavy atom. The van der Waals surface area contributed by atoms with E-state index in [1.165, 1.54) is 6.92 Å². The zero-order valence-electron chi connectivity index (χ0n) is 8.25. The molecule has 1 heterocycles. The first-order valence-electron chi connectivity index (χ1n) is 4.96. The lowest BCUT2D eigenvalue weighted by Crippen LogP contribution is -2.53. The standard InChI is InChI=1S/C10H14O4/c1-7(11)13-9-6-10(14-9)4-2-8(12)3-5-10/h9H,2-6H2,1H3/t9-/m1/s1. The van der Waals surface area contributed by atoms with Gasteiger partial charge >= 0.3 is 5.97 Å². The highest BCUT2D eigenvalue weighted by Crippen LogP contribution is 2.43. The molecule has 4 nitrogen and oxygen atoms in total. The highest BCUT2D eigenvalue weighted by Gasteiger charge is 2.48. The van der Waals surface area contributed by atoms with Crippen molar-refractivity contribution in [1.29, 1.82) is 0 Å². The van der Waals surface area contributed by atoms with Crippen LogP contribution in [0.2, 0.25) is 0 Å². The van der Waals surface area contributed by atoms with Crippen molar-refractivity contribution in [3.05, 3.63) is 0 Å². The largest absolute Gasteiger partial charge is 0.436 e. The van der Waals surface area contributed by atoms with Crippen molar-refractivity contribution in [2.45, 2.75) is 50.9 Å². The van der Waals surface area contributed by atoms with Crippen LogP contribution >= 0.6 is 0 Å². The SMILES string of the molecule is CC(=O)O[C@H]1CC2(CCC(=O)CC2)O1. The van der Waals surface area contributed by atoms with E-state index >= 15 is 0 Å². The second kappa shape index (κ2) is 3.35. The van der Waals surface area contributed by atoms with Gasteiger partial charge in [-0.1, -0.05) is 0 Å². The maximum Gasteiger partial charge on any atom is 0.304 e. The molecule has 4 heteroatoms. The van der Waals surface area contributed by atoms with E-state index in [1.807, 2.05) is 0 Å². The average Bonchev–Trinajstić information content (AvgIpc) is 2.05. The predicted molar refractivity (Wildman–Crippen MR) is 47.5 cm³/mol. The molecule has 1 spiro atoms. The third-order valence-corrected chi connectivity index (χ3v) is 2.94. The molecule has 0 N–H and O–H groups in total. The van der Waals surface area contributed by atoms with Crippen LogP contribution in [0.4, 0.5) is 0 Å². The zero-order chi connectivity index (χ0) is 10.2. The van der Waals surface area contributed by atoms with Crippen molar-refractivity contribution in [2.75, 3.05) is 0 Å². The summed E-state index contributed by atoms with van der Waals surface area (Å²) in [5.41, 5.74) is -0.159. The number of ketones is 1. The summed E-state index contributed by atoms with van der Waals surface area (Å²) < 4.78 is 10.4. The summed E-state index contributed by atoms with van der Waals surface area (Å²) in [4.78, 5) is 21.6. The van der Waals surface area contributed by atoms with E-state index in [9.17, 15) is 9.59 Å². The van der Waals surface area contributed by atoms with Crippen molar-refractivity contribution >= 4 is 11.8 Å². The van der Waals surface area contributed by atoms with Gasteiger partial charge in [-0.15, -0.1) is 0 Å². The van der Waals surface area contributed by atoms with Crippen LogP contribution < -0.4 is 0 Å². The normalized spacial score (nSPS) is 29.8. The Hall–Kier alpha value is -0.900. The van der Waals surface area contributed by atoms with Gasteiger partial charge in [0.25, 0.3) is 0 Å². The smallest absolute Gasteiger partial charge is 0.304 e. The molecule has 2 aliphatic rings. The fraction of sp³-hybridized carbons (Fsp3) is 0.800. The Bertz CT molecular complexity index is 253. The third kappa shape index (κ3) is 1.80. The fourth-order valence-corrected chi connectivity index (χ4v) is 2.13.